The lowest BCUT2D eigenvalue weighted by Crippen LogP contribution is -2.29. The van der Waals surface area contributed by atoms with Gasteiger partial charge >= 0.3 is 0 Å². The number of carbonyl (C=O) groups is 1. The maximum atomic E-state index is 12.8. The molecule has 0 spiro atoms. The van der Waals surface area contributed by atoms with Crippen molar-refractivity contribution in [2.75, 3.05) is 17.8 Å². The summed E-state index contributed by atoms with van der Waals surface area (Å²) in [6.45, 7) is 5.08. The maximum Gasteiger partial charge on any atom is 0.261 e. The number of para-hydroxylation sites is 1. The first-order valence-electron chi connectivity index (χ1n) is 8.37. The number of benzene rings is 2. The molecule has 0 atom stereocenters. The van der Waals surface area contributed by atoms with Crippen LogP contribution in [0.1, 0.15) is 34.3 Å². The zero-order valence-corrected chi connectivity index (χ0v) is 15.3. The summed E-state index contributed by atoms with van der Waals surface area (Å²) < 4.78 is 28.2. The third kappa shape index (κ3) is 3.69. The molecule has 5 nitrogen and oxygen atoms in total. The highest BCUT2D eigenvalue weighted by Crippen LogP contribution is 2.26. The van der Waals surface area contributed by atoms with Crippen LogP contribution in [-0.4, -0.2) is 32.3 Å². The van der Waals surface area contributed by atoms with E-state index in [0.717, 1.165) is 37.1 Å². The van der Waals surface area contributed by atoms with Crippen molar-refractivity contribution in [2.45, 2.75) is 31.6 Å². The van der Waals surface area contributed by atoms with Gasteiger partial charge in [0, 0.05) is 13.1 Å². The van der Waals surface area contributed by atoms with Gasteiger partial charge in [-0.15, -0.1) is 0 Å². The molecule has 2 aromatic rings. The Morgan fingerprint density at radius 2 is 1.72 bits per heavy atom. The Bertz CT molecular complexity index is 901. The van der Waals surface area contributed by atoms with Gasteiger partial charge in [0.1, 0.15) is 0 Å². The van der Waals surface area contributed by atoms with Crippen molar-refractivity contribution in [3.63, 3.8) is 0 Å². The smallest absolute Gasteiger partial charge is 0.261 e. The fourth-order valence-electron chi connectivity index (χ4n) is 3.05. The molecule has 0 saturated carbocycles. The van der Waals surface area contributed by atoms with Crippen LogP contribution < -0.4 is 4.72 Å². The fraction of sp³-hybridized carbons (Fsp3) is 0.316. The highest BCUT2D eigenvalue weighted by molar-refractivity contribution is 7.92. The van der Waals surface area contributed by atoms with E-state index in [9.17, 15) is 13.2 Å². The minimum Gasteiger partial charge on any atom is -0.339 e. The van der Waals surface area contributed by atoms with Crippen molar-refractivity contribution in [1.82, 2.24) is 4.90 Å². The van der Waals surface area contributed by atoms with Gasteiger partial charge in [0.25, 0.3) is 15.9 Å². The molecule has 6 heteroatoms. The molecule has 1 N–H and O–H groups in total. The highest BCUT2D eigenvalue weighted by Gasteiger charge is 2.25. The summed E-state index contributed by atoms with van der Waals surface area (Å²) in [5.74, 6) is -0.122. The van der Waals surface area contributed by atoms with Crippen molar-refractivity contribution in [2.24, 2.45) is 0 Å². The monoisotopic (exact) mass is 358 g/mol. The summed E-state index contributed by atoms with van der Waals surface area (Å²) in [6, 6.07) is 12.0. The molecule has 0 aliphatic carbocycles. The summed E-state index contributed by atoms with van der Waals surface area (Å²) in [5, 5.41) is 0. The number of likely N-dealkylation sites (tertiary alicyclic amines) is 1. The van der Waals surface area contributed by atoms with Crippen LogP contribution in [0.2, 0.25) is 0 Å². The first-order chi connectivity index (χ1) is 11.9. The van der Waals surface area contributed by atoms with Crippen LogP contribution in [0.4, 0.5) is 5.69 Å². The van der Waals surface area contributed by atoms with Crippen molar-refractivity contribution >= 4 is 21.6 Å². The third-order valence-corrected chi connectivity index (χ3v) is 5.78. The van der Waals surface area contributed by atoms with E-state index in [4.69, 9.17) is 0 Å². The van der Waals surface area contributed by atoms with Crippen LogP contribution in [0.15, 0.2) is 47.4 Å². The van der Waals surface area contributed by atoms with Gasteiger partial charge in [-0.05, 0) is 56.0 Å². The second kappa shape index (κ2) is 6.88. The molecule has 1 heterocycles. The van der Waals surface area contributed by atoms with E-state index in [2.05, 4.69) is 4.72 Å². The number of rotatable bonds is 4. The third-order valence-electron chi connectivity index (χ3n) is 4.43. The quantitative estimate of drug-likeness (QED) is 0.911. The first kappa shape index (κ1) is 17.5. The predicted octanol–water partition coefficient (Wildman–Crippen LogP) is 3.34. The minimum atomic E-state index is -3.76. The number of carbonyl (C=O) groups excluding carboxylic acids is 1. The van der Waals surface area contributed by atoms with E-state index >= 15 is 0 Å². The molecule has 1 aliphatic rings. The van der Waals surface area contributed by atoms with Gasteiger partial charge in [-0.25, -0.2) is 8.42 Å². The number of amides is 1. The fourth-order valence-corrected chi connectivity index (χ4v) is 4.30. The highest BCUT2D eigenvalue weighted by atomic mass is 32.2. The van der Waals surface area contributed by atoms with E-state index in [0.29, 0.717) is 11.3 Å². The molecule has 0 aromatic heterocycles. The maximum absolute atomic E-state index is 12.8. The molecule has 1 aliphatic heterocycles. The molecule has 0 radical (unpaired) electrons. The Balaban J connectivity index is 1.98. The molecule has 132 valence electrons. The SMILES string of the molecule is Cc1cccc(S(=O)(=O)Nc2c(C)cccc2C(=O)N2CCCC2)c1. The van der Waals surface area contributed by atoms with Crippen LogP contribution in [0.3, 0.4) is 0 Å². The zero-order chi connectivity index (χ0) is 18.0. The first-order valence-corrected chi connectivity index (χ1v) is 9.85. The summed E-state index contributed by atoms with van der Waals surface area (Å²) in [5.41, 5.74) is 2.35. The number of nitrogens with one attached hydrogen (secondary N) is 1. The average Bonchev–Trinajstić information content (AvgIpc) is 3.10. The van der Waals surface area contributed by atoms with Gasteiger partial charge in [0.15, 0.2) is 0 Å². The van der Waals surface area contributed by atoms with E-state index in [-0.39, 0.29) is 10.8 Å². The Kier molecular flexibility index (Phi) is 4.81. The van der Waals surface area contributed by atoms with Gasteiger partial charge in [-0.3, -0.25) is 9.52 Å². The van der Waals surface area contributed by atoms with Gasteiger partial charge in [0.05, 0.1) is 16.1 Å². The molecule has 3 rings (SSSR count). The summed E-state index contributed by atoms with van der Waals surface area (Å²) in [6.07, 6.45) is 1.98. The van der Waals surface area contributed by atoms with E-state index in [1.54, 1.807) is 48.2 Å². The Labute approximate surface area is 148 Å². The predicted molar refractivity (Wildman–Crippen MR) is 98.3 cm³/mol. The van der Waals surface area contributed by atoms with Crippen LogP contribution in [0.25, 0.3) is 0 Å². The van der Waals surface area contributed by atoms with Crippen molar-refractivity contribution in [1.29, 1.82) is 0 Å². The van der Waals surface area contributed by atoms with Crippen LogP contribution in [0, 0.1) is 13.8 Å². The van der Waals surface area contributed by atoms with Gasteiger partial charge in [-0.2, -0.15) is 0 Å². The standard InChI is InChI=1S/C19H22N2O3S/c1-14-7-5-9-16(13-14)25(23,24)20-18-15(2)8-6-10-17(18)19(22)21-11-3-4-12-21/h5-10,13,20H,3-4,11-12H2,1-2H3. The molecule has 1 amide bonds. The summed E-state index contributed by atoms with van der Waals surface area (Å²) >= 11 is 0. The number of hydrogen-bond acceptors (Lipinski definition) is 3. The molecule has 0 bridgehead atoms. The van der Waals surface area contributed by atoms with Crippen LogP contribution >= 0.6 is 0 Å². The lowest BCUT2D eigenvalue weighted by atomic mass is 10.1. The largest absolute Gasteiger partial charge is 0.339 e. The number of anilines is 1. The molecule has 0 unspecified atom stereocenters. The molecule has 2 aromatic carbocycles. The Morgan fingerprint density at radius 1 is 1.04 bits per heavy atom. The van der Waals surface area contributed by atoms with Crippen molar-refractivity contribution in [3.8, 4) is 0 Å². The number of sulfonamides is 1. The number of nitrogens with zero attached hydrogens (tertiary/aromatic N) is 1. The Morgan fingerprint density at radius 3 is 2.40 bits per heavy atom. The average molecular weight is 358 g/mol. The molecule has 25 heavy (non-hydrogen) atoms. The van der Waals surface area contributed by atoms with E-state index in [1.807, 2.05) is 13.0 Å². The zero-order valence-electron chi connectivity index (χ0n) is 14.5. The second-order valence-electron chi connectivity index (χ2n) is 6.42. The second-order valence-corrected chi connectivity index (χ2v) is 8.10. The van der Waals surface area contributed by atoms with Crippen molar-refractivity contribution < 1.29 is 13.2 Å². The lowest BCUT2D eigenvalue weighted by molar-refractivity contribution is 0.0794. The van der Waals surface area contributed by atoms with Crippen LogP contribution in [-0.2, 0) is 10.0 Å². The van der Waals surface area contributed by atoms with E-state index < -0.39 is 10.0 Å². The normalized spacial score (nSPS) is 14.6. The lowest BCUT2D eigenvalue weighted by Gasteiger charge is -2.20. The van der Waals surface area contributed by atoms with Gasteiger partial charge in [-0.1, -0.05) is 24.3 Å². The molecule has 1 saturated heterocycles. The molecule has 1 fully saturated rings. The topological polar surface area (TPSA) is 66.5 Å². The number of aryl methyl sites for hydroxylation is 2. The van der Waals surface area contributed by atoms with Gasteiger partial charge < -0.3 is 4.90 Å². The molecular weight excluding hydrogens is 336 g/mol. The summed E-state index contributed by atoms with van der Waals surface area (Å²) in [4.78, 5) is 14.8. The van der Waals surface area contributed by atoms with Crippen LogP contribution in [0.5, 0.6) is 0 Å². The minimum absolute atomic E-state index is 0.122. The molecular formula is C19H22N2O3S. The van der Waals surface area contributed by atoms with Crippen molar-refractivity contribution in [3.05, 3.63) is 59.2 Å². The Hall–Kier alpha value is -2.34. The van der Waals surface area contributed by atoms with Gasteiger partial charge in [0.2, 0.25) is 0 Å². The summed E-state index contributed by atoms with van der Waals surface area (Å²) in [7, 11) is -3.76. The number of hydrogen-bond donors (Lipinski definition) is 1. The van der Waals surface area contributed by atoms with E-state index in [1.165, 1.54) is 0 Å².